The number of benzene rings is 2. The van der Waals surface area contributed by atoms with Gasteiger partial charge in [-0.3, -0.25) is 4.79 Å². The number of nitrogens with one attached hydrogen (secondary N) is 2. The maximum absolute atomic E-state index is 12.9. The van der Waals surface area contributed by atoms with E-state index in [-0.39, 0.29) is 54.9 Å². The predicted octanol–water partition coefficient (Wildman–Crippen LogP) is 5.92. The molecular weight excluding hydrogens is 488 g/mol. The summed E-state index contributed by atoms with van der Waals surface area (Å²) in [5.74, 6) is 0.0203. The van der Waals surface area contributed by atoms with Gasteiger partial charge in [0, 0.05) is 31.2 Å². The summed E-state index contributed by atoms with van der Waals surface area (Å²) in [5, 5.41) is 5.12. The first-order chi connectivity index (χ1) is 16.8. The van der Waals surface area contributed by atoms with Crippen molar-refractivity contribution in [1.29, 1.82) is 0 Å². The molecule has 194 valence electrons. The topological polar surface area (TPSA) is 61.4 Å². The Bertz CT molecular complexity index is 1120. The van der Waals surface area contributed by atoms with E-state index < -0.39 is 29.5 Å². The van der Waals surface area contributed by atoms with E-state index in [2.05, 4.69) is 10.6 Å². The van der Waals surface area contributed by atoms with Crippen molar-refractivity contribution in [1.82, 2.24) is 10.2 Å². The molecule has 36 heavy (non-hydrogen) atoms. The zero-order valence-electron chi connectivity index (χ0n) is 19.3. The van der Waals surface area contributed by atoms with Crippen molar-refractivity contribution >= 4 is 17.6 Å². The van der Waals surface area contributed by atoms with Crippen LogP contribution in [-0.2, 0) is 23.7 Å². The molecule has 11 heteroatoms. The fourth-order valence-electron chi connectivity index (χ4n) is 5.30. The summed E-state index contributed by atoms with van der Waals surface area (Å²) in [4.78, 5) is 26.8. The monoisotopic (exact) mass is 513 g/mol. The molecule has 3 amide bonds. The number of nitrogens with zero attached hydrogens (tertiary/aromatic N) is 1. The number of anilines is 1. The van der Waals surface area contributed by atoms with E-state index in [4.69, 9.17) is 0 Å². The highest BCUT2D eigenvalue weighted by Gasteiger charge is 2.50. The number of hydrogen-bond donors (Lipinski definition) is 2. The largest absolute Gasteiger partial charge is 0.416 e. The summed E-state index contributed by atoms with van der Waals surface area (Å²) in [7, 11) is 0. The van der Waals surface area contributed by atoms with Crippen LogP contribution in [-0.4, -0.2) is 29.4 Å². The number of urea groups is 1. The minimum absolute atomic E-state index is 0.0124. The van der Waals surface area contributed by atoms with Gasteiger partial charge in [-0.15, -0.1) is 0 Å². The van der Waals surface area contributed by atoms with Crippen LogP contribution in [0.1, 0.15) is 36.5 Å². The first-order valence-electron chi connectivity index (χ1n) is 11.5. The number of carbonyl (C=O) groups excluding carboxylic acids is 2. The lowest BCUT2D eigenvalue weighted by molar-refractivity contribution is -0.138. The first kappa shape index (κ1) is 25.8. The van der Waals surface area contributed by atoms with E-state index in [9.17, 15) is 35.9 Å². The van der Waals surface area contributed by atoms with Crippen molar-refractivity contribution in [2.75, 3.05) is 11.9 Å². The van der Waals surface area contributed by atoms with Crippen LogP contribution in [0.2, 0.25) is 0 Å². The van der Waals surface area contributed by atoms with Gasteiger partial charge >= 0.3 is 18.4 Å². The quantitative estimate of drug-likeness (QED) is 0.488. The summed E-state index contributed by atoms with van der Waals surface area (Å²) in [6.07, 6.45) is -7.98. The molecule has 0 bridgehead atoms. The van der Waals surface area contributed by atoms with E-state index in [0.29, 0.717) is 12.0 Å². The van der Waals surface area contributed by atoms with Gasteiger partial charge in [-0.25, -0.2) is 4.79 Å². The van der Waals surface area contributed by atoms with Gasteiger partial charge in [0.1, 0.15) is 0 Å². The number of carbonyl (C=O) groups is 2. The smallest absolute Gasteiger partial charge is 0.338 e. The lowest BCUT2D eigenvalue weighted by atomic mass is 9.88. The molecule has 2 aromatic carbocycles. The van der Waals surface area contributed by atoms with Crippen LogP contribution in [0.5, 0.6) is 0 Å². The second-order valence-electron chi connectivity index (χ2n) is 9.44. The highest BCUT2D eigenvalue weighted by Crippen LogP contribution is 2.46. The van der Waals surface area contributed by atoms with Crippen LogP contribution in [0.4, 0.5) is 36.8 Å². The van der Waals surface area contributed by atoms with Crippen molar-refractivity contribution in [3.8, 4) is 0 Å². The normalized spacial score (nSPS) is 24.1. The maximum Gasteiger partial charge on any atom is 0.416 e. The molecule has 1 heterocycles. The third kappa shape index (κ3) is 5.60. The fourth-order valence-corrected chi connectivity index (χ4v) is 5.30. The molecule has 2 aromatic rings. The van der Waals surface area contributed by atoms with Crippen LogP contribution in [0.3, 0.4) is 0 Å². The second-order valence-corrected chi connectivity index (χ2v) is 9.44. The minimum atomic E-state index is -4.52. The minimum Gasteiger partial charge on any atom is -0.338 e. The molecule has 2 fully saturated rings. The molecule has 0 spiro atoms. The summed E-state index contributed by atoms with van der Waals surface area (Å²) >= 11 is 0. The lowest BCUT2D eigenvalue weighted by Crippen LogP contribution is -2.36. The van der Waals surface area contributed by atoms with Gasteiger partial charge < -0.3 is 15.5 Å². The van der Waals surface area contributed by atoms with E-state index in [1.165, 1.54) is 24.3 Å². The van der Waals surface area contributed by atoms with Crippen LogP contribution < -0.4 is 10.6 Å². The number of fused-ring (bicyclic) bond motifs is 1. The summed E-state index contributed by atoms with van der Waals surface area (Å²) < 4.78 is 77.1. The zero-order chi connectivity index (χ0) is 26.3. The molecule has 0 radical (unpaired) electrons. The van der Waals surface area contributed by atoms with Crippen LogP contribution in [0, 0.1) is 17.8 Å². The van der Waals surface area contributed by atoms with E-state index >= 15 is 0 Å². The second kappa shape index (κ2) is 9.67. The molecule has 4 atom stereocenters. The van der Waals surface area contributed by atoms with E-state index in [1.807, 2.05) is 6.92 Å². The van der Waals surface area contributed by atoms with Crippen LogP contribution >= 0.6 is 0 Å². The predicted molar refractivity (Wildman–Crippen MR) is 120 cm³/mol. The number of hydrogen-bond acceptors (Lipinski definition) is 2. The summed E-state index contributed by atoms with van der Waals surface area (Å²) in [5.41, 5.74) is -1.00. The van der Waals surface area contributed by atoms with Crippen molar-refractivity contribution in [3.05, 3.63) is 65.2 Å². The molecule has 1 aliphatic carbocycles. The van der Waals surface area contributed by atoms with Gasteiger partial charge in [0.2, 0.25) is 5.91 Å². The number of amides is 3. The lowest BCUT2D eigenvalue weighted by Gasteiger charge is -2.25. The Kier molecular flexibility index (Phi) is 6.94. The zero-order valence-corrected chi connectivity index (χ0v) is 19.3. The van der Waals surface area contributed by atoms with Crippen molar-refractivity contribution in [2.45, 2.75) is 44.7 Å². The van der Waals surface area contributed by atoms with Crippen molar-refractivity contribution in [2.24, 2.45) is 17.8 Å². The number of alkyl halides is 6. The molecule has 0 aromatic heterocycles. The molecule has 4 rings (SSSR count). The average molecular weight is 513 g/mol. The SMILES string of the molecule is C[C@H]1C[C@@H]2[C@@H](CC(=O)N2Cc2ccc(C(F)(F)F)cc2)[C@@H]1CNC(=O)Nc1cccc(C(F)(F)F)c1. The number of rotatable bonds is 5. The van der Waals surface area contributed by atoms with Gasteiger partial charge in [-0.2, -0.15) is 26.3 Å². The van der Waals surface area contributed by atoms with Crippen molar-refractivity contribution in [3.63, 3.8) is 0 Å². The number of likely N-dealkylation sites (tertiary alicyclic amines) is 1. The van der Waals surface area contributed by atoms with Crippen LogP contribution in [0.15, 0.2) is 48.5 Å². The highest BCUT2D eigenvalue weighted by molar-refractivity contribution is 5.89. The molecular formula is C25H25F6N3O2. The molecule has 0 unspecified atom stereocenters. The molecule has 2 N–H and O–H groups in total. The van der Waals surface area contributed by atoms with Gasteiger partial charge in [-0.05, 0) is 60.1 Å². The Balaban J connectivity index is 1.35. The number of halogens is 6. The van der Waals surface area contributed by atoms with Crippen LogP contribution in [0.25, 0.3) is 0 Å². The fraction of sp³-hybridized carbons (Fsp3) is 0.440. The third-order valence-electron chi connectivity index (χ3n) is 7.10. The third-order valence-corrected chi connectivity index (χ3v) is 7.10. The molecule has 5 nitrogen and oxygen atoms in total. The Morgan fingerprint density at radius 3 is 2.31 bits per heavy atom. The Morgan fingerprint density at radius 2 is 1.67 bits per heavy atom. The summed E-state index contributed by atoms with van der Waals surface area (Å²) in [6.45, 7) is 2.46. The van der Waals surface area contributed by atoms with Gasteiger partial charge in [-0.1, -0.05) is 25.1 Å². The molecule has 1 saturated heterocycles. The average Bonchev–Trinajstić information content (AvgIpc) is 3.25. The maximum atomic E-state index is 12.9. The van der Waals surface area contributed by atoms with Gasteiger partial charge in [0.15, 0.2) is 0 Å². The van der Waals surface area contributed by atoms with E-state index in [1.54, 1.807) is 4.90 Å². The molecule has 2 aliphatic rings. The Labute approximate surface area is 203 Å². The molecule has 1 aliphatic heterocycles. The molecule has 1 saturated carbocycles. The summed E-state index contributed by atoms with van der Waals surface area (Å²) in [6, 6.07) is 8.34. The van der Waals surface area contributed by atoms with E-state index in [0.717, 1.165) is 24.3 Å². The standard InChI is InChI=1S/C25H25F6N3O2/c1-14-9-21-19(11-22(35)34(21)13-15-5-7-16(8-6-15)24(26,27)28)20(14)12-32-23(36)33-18-4-2-3-17(10-18)25(29,30)31/h2-8,10,14,19-21H,9,11-13H2,1H3,(H2,32,33,36)/t14-,19-,20+,21+/m0/s1. The Morgan fingerprint density at radius 1 is 1.00 bits per heavy atom. The van der Waals surface area contributed by atoms with Gasteiger partial charge in [0.05, 0.1) is 11.1 Å². The van der Waals surface area contributed by atoms with Crippen molar-refractivity contribution < 1.29 is 35.9 Å². The Hall–Kier alpha value is -3.24. The van der Waals surface area contributed by atoms with Gasteiger partial charge in [0.25, 0.3) is 0 Å². The highest BCUT2D eigenvalue weighted by atomic mass is 19.4. The first-order valence-corrected chi connectivity index (χ1v) is 11.5.